The Kier molecular flexibility index (Phi) is 1.51. The summed E-state index contributed by atoms with van der Waals surface area (Å²) in [5.41, 5.74) is 4.75. The van der Waals surface area contributed by atoms with Crippen LogP contribution in [0.25, 0.3) is 0 Å². The van der Waals surface area contributed by atoms with E-state index >= 15 is 0 Å². The maximum atomic E-state index is 4.43. The minimum absolute atomic E-state index is 1.09. The number of nitrogens with zero attached hydrogens (tertiary/aromatic N) is 1. The minimum Gasteiger partial charge on any atom is -0.255 e. The van der Waals surface area contributed by atoms with Crippen molar-refractivity contribution in [3.63, 3.8) is 0 Å². The predicted molar refractivity (Wildman–Crippen MR) is 58.3 cm³/mol. The molecule has 1 heteroatoms. The molecule has 0 fully saturated rings. The lowest BCUT2D eigenvalue weighted by atomic mass is 10.0. The molecule has 66 valence electrons. The summed E-state index contributed by atoms with van der Waals surface area (Å²) in [5.74, 6) is 0. The van der Waals surface area contributed by atoms with Crippen LogP contribution in [0.5, 0.6) is 0 Å². The van der Waals surface area contributed by atoms with Gasteiger partial charge in [-0.25, -0.2) is 0 Å². The highest BCUT2D eigenvalue weighted by molar-refractivity contribution is 6.18. The van der Waals surface area contributed by atoms with E-state index in [-0.39, 0.29) is 0 Å². The molecule has 1 heterocycles. The summed E-state index contributed by atoms with van der Waals surface area (Å²) < 4.78 is 0. The Morgan fingerprint density at radius 3 is 2.71 bits per heavy atom. The predicted octanol–water partition coefficient (Wildman–Crippen LogP) is 2.87. The van der Waals surface area contributed by atoms with Crippen LogP contribution < -0.4 is 0 Å². The fraction of sp³-hybridized carbons (Fsp3) is 0. The first kappa shape index (κ1) is 7.51. The highest BCUT2D eigenvalue weighted by Gasteiger charge is 2.18. The molecule has 0 aromatic heterocycles. The first-order valence-corrected chi connectivity index (χ1v) is 4.68. The average Bonchev–Trinajstić information content (AvgIpc) is 2.79. The fourth-order valence-electron chi connectivity index (χ4n) is 1.79. The van der Waals surface area contributed by atoms with Gasteiger partial charge in [-0.3, -0.25) is 4.99 Å². The molecule has 0 bridgehead atoms. The number of allylic oxidation sites excluding steroid dienone is 5. The van der Waals surface area contributed by atoms with E-state index in [0.717, 1.165) is 5.71 Å². The standard InChI is InChI=1S/C13H9N/c1-2-5-10(6-3-1)13-12-8-4-7-11(12)9-14-13/h1-9H. The van der Waals surface area contributed by atoms with Crippen molar-refractivity contribution in [1.82, 2.24) is 0 Å². The smallest absolute Gasteiger partial charge is 0.0781 e. The molecule has 0 amide bonds. The Labute approximate surface area is 82.8 Å². The lowest BCUT2D eigenvalue weighted by Crippen LogP contribution is -2.00. The lowest BCUT2D eigenvalue weighted by molar-refractivity contribution is 1.56. The normalized spacial score (nSPS) is 17.6. The van der Waals surface area contributed by atoms with Crippen LogP contribution in [0.2, 0.25) is 0 Å². The molecule has 0 radical (unpaired) electrons. The topological polar surface area (TPSA) is 12.4 Å². The summed E-state index contributed by atoms with van der Waals surface area (Å²) in [7, 11) is 0. The Morgan fingerprint density at radius 1 is 1.00 bits per heavy atom. The van der Waals surface area contributed by atoms with Crippen LogP contribution in [0, 0.1) is 0 Å². The summed E-state index contributed by atoms with van der Waals surface area (Å²) in [6, 6.07) is 10.3. The molecular weight excluding hydrogens is 170 g/mol. The Morgan fingerprint density at radius 2 is 1.86 bits per heavy atom. The first-order chi connectivity index (χ1) is 6.95. The lowest BCUT2D eigenvalue weighted by Gasteiger charge is -2.02. The van der Waals surface area contributed by atoms with Crippen molar-refractivity contribution in [3.05, 3.63) is 71.5 Å². The summed E-state index contributed by atoms with van der Waals surface area (Å²) in [5, 5.41) is 0. The molecule has 1 nitrogen and oxygen atoms in total. The van der Waals surface area contributed by atoms with Crippen molar-refractivity contribution in [2.24, 2.45) is 4.99 Å². The largest absolute Gasteiger partial charge is 0.255 e. The molecule has 1 aromatic carbocycles. The van der Waals surface area contributed by atoms with Crippen LogP contribution in [0.1, 0.15) is 5.56 Å². The number of rotatable bonds is 1. The second-order valence-corrected chi connectivity index (χ2v) is 3.37. The van der Waals surface area contributed by atoms with Crippen LogP contribution in [-0.2, 0) is 0 Å². The summed E-state index contributed by atoms with van der Waals surface area (Å²) >= 11 is 0. The van der Waals surface area contributed by atoms with Crippen LogP contribution >= 0.6 is 0 Å². The zero-order chi connectivity index (χ0) is 9.38. The second kappa shape index (κ2) is 2.81. The molecule has 2 aliphatic rings. The van der Waals surface area contributed by atoms with Gasteiger partial charge in [0, 0.05) is 22.9 Å². The molecule has 0 unspecified atom stereocenters. The van der Waals surface area contributed by atoms with Crippen molar-refractivity contribution < 1.29 is 0 Å². The molecule has 0 saturated carbocycles. The molecule has 0 N–H and O–H groups in total. The van der Waals surface area contributed by atoms with Gasteiger partial charge in [-0.05, 0) is 0 Å². The van der Waals surface area contributed by atoms with Crippen molar-refractivity contribution in [2.75, 3.05) is 0 Å². The van der Waals surface area contributed by atoms with Gasteiger partial charge in [-0.1, -0.05) is 48.6 Å². The maximum absolute atomic E-state index is 4.43. The third kappa shape index (κ3) is 0.990. The molecule has 1 aliphatic heterocycles. The van der Waals surface area contributed by atoms with Gasteiger partial charge in [0.1, 0.15) is 0 Å². The second-order valence-electron chi connectivity index (χ2n) is 3.37. The zero-order valence-corrected chi connectivity index (χ0v) is 7.64. The number of fused-ring (bicyclic) bond motifs is 1. The van der Waals surface area contributed by atoms with E-state index < -0.39 is 0 Å². The van der Waals surface area contributed by atoms with Crippen LogP contribution in [-0.4, -0.2) is 5.71 Å². The van der Waals surface area contributed by atoms with Gasteiger partial charge in [-0.15, -0.1) is 0 Å². The van der Waals surface area contributed by atoms with Gasteiger partial charge in [0.25, 0.3) is 0 Å². The molecular formula is C13H9N. The van der Waals surface area contributed by atoms with E-state index in [9.17, 15) is 0 Å². The van der Waals surface area contributed by atoms with Crippen molar-refractivity contribution in [3.8, 4) is 0 Å². The van der Waals surface area contributed by atoms with Gasteiger partial charge in [-0.2, -0.15) is 0 Å². The van der Waals surface area contributed by atoms with E-state index in [4.69, 9.17) is 0 Å². The number of hydrogen-bond acceptors (Lipinski definition) is 1. The van der Waals surface area contributed by atoms with E-state index in [1.54, 1.807) is 0 Å². The minimum atomic E-state index is 1.09. The molecule has 1 aromatic rings. The van der Waals surface area contributed by atoms with E-state index in [2.05, 4.69) is 35.4 Å². The molecule has 0 atom stereocenters. The van der Waals surface area contributed by atoms with Gasteiger partial charge in [0.2, 0.25) is 0 Å². The molecule has 0 spiro atoms. The molecule has 0 saturated heterocycles. The fourth-order valence-corrected chi connectivity index (χ4v) is 1.79. The van der Waals surface area contributed by atoms with E-state index in [1.165, 1.54) is 16.7 Å². The summed E-state index contributed by atoms with van der Waals surface area (Å²) in [4.78, 5) is 4.43. The van der Waals surface area contributed by atoms with Crippen molar-refractivity contribution in [2.45, 2.75) is 0 Å². The molecule has 3 rings (SSSR count). The first-order valence-electron chi connectivity index (χ1n) is 4.68. The average molecular weight is 179 g/mol. The maximum Gasteiger partial charge on any atom is 0.0781 e. The number of hydrogen-bond donors (Lipinski definition) is 0. The van der Waals surface area contributed by atoms with Crippen LogP contribution in [0.4, 0.5) is 0 Å². The van der Waals surface area contributed by atoms with Gasteiger partial charge >= 0.3 is 0 Å². The number of aliphatic imine (C=N–C) groups is 1. The van der Waals surface area contributed by atoms with E-state index in [0.29, 0.717) is 0 Å². The third-order valence-electron chi connectivity index (χ3n) is 2.48. The quantitative estimate of drug-likeness (QED) is 0.628. The van der Waals surface area contributed by atoms with Gasteiger partial charge in [0.15, 0.2) is 0 Å². The van der Waals surface area contributed by atoms with Crippen LogP contribution in [0.15, 0.2) is 70.9 Å². The molecule has 14 heavy (non-hydrogen) atoms. The Hall–Kier alpha value is -1.89. The zero-order valence-electron chi connectivity index (χ0n) is 7.64. The third-order valence-corrected chi connectivity index (χ3v) is 2.48. The monoisotopic (exact) mass is 179 g/mol. The highest BCUT2D eigenvalue weighted by atomic mass is 14.7. The number of benzene rings is 1. The van der Waals surface area contributed by atoms with Crippen LogP contribution in [0.3, 0.4) is 0 Å². The molecule has 1 aliphatic carbocycles. The SMILES string of the molecule is C1=CC2=CN=C(c3ccccc3)C2=C1. The highest BCUT2D eigenvalue weighted by Crippen LogP contribution is 2.28. The van der Waals surface area contributed by atoms with Gasteiger partial charge in [0.05, 0.1) is 5.71 Å². The van der Waals surface area contributed by atoms with Crippen molar-refractivity contribution >= 4 is 5.71 Å². The Balaban J connectivity index is 2.05. The van der Waals surface area contributed by atoms with Crippen molar-refractivity contribution in [1.29, 1.82) is 0 Å². The van der Waals surface area contributed by atoms with E-state index in [1.807, 2.05) is 24.4 Å². The summed E-state index contributed by atoms with van der Waals surface area (Å²) in [6.07, 6.45) is 8.20. The summed E-state index contributed by atoms with van der Waals surface area (Å²) in [6.45, 7) is 0. The van der Waals surface area contributed by atoms with Gasteiger partial charge < -0.3 is 0 Å². The Bertz CT molecular complexity index is 487.